The number of piperazine rings is 1. The van der Waals surface area contributed by atoms with E-state index < -0.39 is 12.0 Å². The lowest BCUT2D eigenvalue weighted by Gasteiger charge is -2.31. The second-order valence-electron chi connectivity index (χ2n) is 10.7. The van der Waals surface area contributed by atoms with Gasteiger partial charge in [-0.15, -0.1) is 0 Å². The van der Waals surface area contributed by atoms with Crippen molar-refractivity contribution in [3.05, 3.63) is 42.0 Å². The molecule has 3 fully saturated rings. The van der Waals surface area contributed by atoms with Crippen LogP contribution in [0.2, 0.25) is 0 Å². The van der Waals surface area contributed by atoms with Crippen LogP contribution >= 0.6 is 0 Å². The molecule has 2 N–H and O–H groups in total. The third-order valence-corrected chi connectivity index (χ3v) is 8.37. The normalized spacial score (nSPS) is 23.4. The largest absolute Gasteiger partial charge is 0.461 e. The van der Waals surface area contributed by atoms with Gasteiger partial charge in [0.15, 0.2) is 5.82 Å². The molecule has 3 saturated heterocycles. The van der Waals surface area contributed by atoms with E-state index in [0.717, 1.165) is 38.0 Å². The summed E-state index contributed by atoms with van der Waals surface area (Å²) in [4.78, 5) is 21.1. The lowest BCUT2D eigenvalue weighted by Crippen LogP contribution is -2.44. The molecule has 4 aromatic rings. The molecule has 0 unspecified atom stereocenters. The third-order valence-electron chi connectivity index (χ3n) is 8.37. The smallest absolute Gasteiger partial charge is 0.319 e. The van der Waals surface area contributed by atoms with Crippen molar-refractivity contribution in [3.8, 4) is 23.3 Å². The van der Waals surface area contributed by atoms with Gasteiger partial charge in [0.1, 0.15) is 29.8 Å². The number of H-pyrrole nitrogens is 1. The fraction of sp³-hybridized carbons (Fsp3) is 0.429. The van der Waals surface area contributed by atoms with Gasteiger partial charge in [-0.05, 0) is 31.5 Å². The first-order valence-corrected chi connectivity index (χ1v) is 13.4. The van der Waals surface area contributed by atoms with Gasteiger partial charge in [0.2, 0.25) is 0 Å². The van der Waals surface area contributed by atoms with E-state index in [0.29, 0.717) is 53.8 Å². The third kappa shape index (κ3) is 3.97. The summed E-state index contributed by atoms with van der Waals surface area (Å²) in [7, 11) is 0. The number of pyridine rings is 1. The summed E-state index contributed by atoms with van der Waals surface area (Å²) in [5.74, 6) is -0.0308. The van der Waals surface area contributed by atoms with E-state index in [9.17, 15) is 9.65 Å². The monoisotopic (exact) mass is 530 g/mol. The van der Waals surface area contributed by atoms with Crippen LogP contribution in [0.4, 0.5) is 14.6 Å². The van der Waals surface area contributed by atoms with E-state index in [1.807, 2.05) is 6.07 Å². The van der Waals surface area contributed by atoms with Crippen LogP contribution in [0.15, 0.2) is 30.6 Å². The summed E-state index contributed by atoms with van der Waals surface area (Å²) < 4.78 is 36.8. The fourth-order valence-corrected chi connectivity index (χ4v) is 6.50. The maximum absolute atomic E-state index is 16.3. The zero-order valence-electron chi connectivity index (χ0n) is 21.4. The highest BCUT2D eigenvalue weighted by atomic mass is 19.1. The molecule has 9 nitrogen and oxygen atoms in total. The Morgan fingerprint density at radius 1 is 1.21 bits per heavy atom. The number of nitrogens with one attached hydrogen (secondary N) is 2. The summed E-state index contributed by atoms with van der Waals surface area (Å²) in [5, 5.41) is 14.1. The lowest BCUT2D eigenvalue weighted by molar-refractivity contribution is 0.107. The van der Waals surface area contributed by atoms with Gasteiger partial charge in [-0.25, -0.2) is 8.78 Å². The summed E-state index contributed by atoms with van der Waals surface area (Å²) in [5.41, 5.74) is 1.49. The standard InChI is InChI=1S/C28H28F2N8O/c29-18-11-28(5-2-8-38(28)15-18)16-39-27-35-25-20(26(36-27)37-9-6-32-7-10-37)14-34-24(23(25)30)19-13-33-21-4-1-3-17(12-31)22(19)21/h1,3-4,13-14,18,32-33H,2,5-11,15-16H2/t18-,28+/m1/s1. The van der Waals surface area contributed by atoms with Gasteiger partial charge in [-0.2, -0.15) is 15.2 Å². The van der Waals surface area contributed by atoms with Crippen molar-refractivity contribution in [3.63, 3.8) is 0 Å². The summed E-state index contributed by atoms with van der Waals surface area (Å²) in [6.45, 7) is 4.48. The van der Waals surface area contributed by atoms with E-state index in [2.05, 4.69) is 36.1 Å². The predicted octanol–water partition coefficient (Wildman–Crippen LogP) is 3.55. The maximum atomic E-state index is 16.3. The molecule has 3 aliphatic heterocycles. The molecule has 3 aromatic heterocycles. The Labute approximate surface area is 223 Å². The Balaban J connectivity index is 1.33. The zero-order valence-corrected chi connectivity index (χ0v) is 21.4. The van der Waals surface area contributed by atoms with E-state index in [1.165, 1.54) is 0 Å². The molecule has 2 atom stereocenters. The molecule has 7 rings (SSSR count). The van der Waals surface area contributed by atoms with Crippen LogP contribution in [0.3, 0.4) is 0 Å². The van der Waals surface area contributed by atoms with Crippen LogP contribution in [0.5, 0.6) is 6.01 Å². The minimum absolute atomic E-state index is 0.0762. The molecule has 6 heterocycles. The molecule has 3 aliphatic rings. The number of rotatable bonds is 5. The van der Waals surface area contributed by atoms with Gasteiger partial charge >= 0.3 is 6.01 Å². The number of alkyl halides is 1. The molecule has 0 spiro atoms. The second-order valence-corrected chi connectivity index (χ2v) is 10.7. The van der Waals surface area contributed by atoms with Gasteiger partial charge in [0.05, 0.1) is 22.6 Å². The summed E-state index contributed by atoms with van der Waals surface area (Å²) in [6.07, 6.45) is 4.68. The molecular weight excluding hydrogens is 502 g/mol. The second kappa shape index (κ2) is 9.39. The molecule has 0 saturated carbocycles. The molecular formula is C28H28F2N8O. The Morgan fingerprint density at radius 2 is 2.08 bits per heavy atom. The zero-order chi connectivity index (χ0) is 26.6. The SMILES string of the molecule is N#Cc1cccc2[nH]cc(-c3ncc4c(N5CCNCC5)nc(OC[C@@]56CCCN5C[C@H](F)C6)nc4c3F)c12. The molecule has 0 amide bonds. The number of anilines is 1. The molecule has 0 radical (unpaired) electrons. The van der Waals surface area contributed by atoms with Gasteiger partial charge in [-0.3, -0.25) is 9.88 Å². The van der Waals surface area contributed by atoms with Crippen LogP contribution in [-0.2, 0) is 0 Å². The highest BCUT2D eigenvalue weighted by Crippen LogP contribution is 2.41. The Kier molecular flexibility index (Phi) is 5.82. The number of aromatic nitrogens is 4. The van der Waals surface area contributed by atoms with Crippen LogP contribution < -0.4 is 15.0 Å². The molecule has 1 aromatic carbocycles. The van der Waals surface area contributed by atoms with Crippen molar-refractivity contribution in [2.75, 3.05) is 50.8 Å². The number of ether oxygens (including phenoxy) is 1. The van der Waals surface area contributed by atoms with E-state index >= 15 is 4.39 Å². The molecule has 200 valence electrons. The Morgan fingerprint density at radius 3 is 2.92 bits per heavy atom. The van der Waals surface area contributed by atoms with Crippen LogP contribution in [0.25, 0.3) is 33.1 Å². The van der Waals surface area contributed by atoms with Gasteiger partial charge in [0, 0.05) is 68.0 Å². The Bertz CT molecular complexity index is 1610. The first-order valence-electron chi connectivity index (χ1n) is 13.4. The average molecular weight is 531 g/mol. The highest BCUT2D eigenvalue weighted by Gasteiger charge is 2.49. The quantitative estimate of drug-likeness (QED) is 0.404. The minimum Gasteiger partial charge on any atom is -0.461 e. The number of hydrogen-bond acceptors (Lipinski definition) is 8. The van der Waals surface area contributed by atoms with Crippen molar-refractivity contribution < 1.29 is 13.5 Å². The fourth-order valence-electron chi connectivity index (χ4n) is 6.50. The van der Waals surface area contributed by atoms with Crippen LogP contribution in [0.1, 0.15) is 24.8 Å². The number of halogens is 2. The van der Waals surface area contributed by atoms with E-state index in [4.69, 9.17) is 9.72 Å². The van der Waals surface area contributed by atoms with E-state index in [1.54, 1.807) is 24.5 Å². The molecule has 0 aliphatic carbocycles. The van der Waals surface area contributed by atoms with Crippen LogP contribution in [0, 0.1) is 17.1 Å². The highest BCUT2D eigenvalue weighted by molar-refractivity contribution is 6.01. The number of hydrogen-bond donors (Lipinski definition) is 2. The van der Waals surface area contributed by atoms with Gasteiger partial charge in [0.25, 0.3) is 0 Å². The Hall–Kier alpha value is -3.88. The summed E-state index contributed by atoms with van der Waals surface area (Å²) in [6, 6.07) is 7.59. The topological polar surface area (TPSA) is 106 Å². The first kappa shape index (κ1) is 24.2. The number of benzene rings is 1. The van der Waals surface area contributed by atoms with Gasteiger partial charge in [-0.1, -0.05) is 6.07 Å². The van der Waals surface area contributed by atoms with Crippen molar-refractivity contribution in [2.24, 2.45) is 0 Å². The van der Waals surface area contributed by atoms with E-state index in [-0.39, 0.29) is 29.4 Å². The molecule has 11 heteroatoms. The minimum atomic E-state index is -0.872. The number of aromatic amines is 1. The van der Waals surface area contributed by atoms with Crippen molar-refractivity contribution in [1.82, 2.24) is 30.2 Å². The summed E-state index contributed by atoms with van der Waals surface area (Å²) >= 11 is 0. The number of fused-ring (bicyclic) bond motifs is 3. The molecule has 39 heavy (non-hydrogen) atoms. The number of nitriles is 1. The average Bonchev–Trinajstić information content (AvgIpc) is 3.64. The predicted molar refractivity (Wildman–Crippen MR) is 143 cm³/mol. The lowest BCUT2D eigenvalue weighted by atomic mass is 9.95. The molecule has 0 bridgehead atoms. The van der Waals surface area contributed by atoms with Crippen molar-refractivity contribution in [1.29, 1.82) is 5.26 Å². The van der Waals surface area contributed by atoms with Gasteiger partial charge < -0.3 is 19.9 Å². The maximum Gasteiger partial charge on any atom is 0.319 e. The number of nitrogens with zero attached hydrogens (tertiary/aromatic N) is 6. The van der Waals surface area contributed by atoms with Crippen molar-refractivity contribution in [2.45, 2.75) is 31.0 Å². The first-order chi connectivity index (χ1) is 19.1. The van der Waals surface area contributed by atoms with Crippen LogP contribution in [-0.4, -0.2) is 82.4 Å². The van der Waals surface area contributed by atoms with Crippen molar-refractivity contribution >= 4 is 27.6 Å².